The average molecular weight is 378 g/mol. The minimum atomic E-state index is -5.73. The molecule has 2 N–H and O–H groups in total. The number of esters is 1. The molecule has 134 valence electrons. The second kappa shape index (κ2) is 7.74. The quantitative estimate of drug-likeness (QED) is 0.245. The fourth-order valence-corrected chi connectivity index (χ4v) is 1.84. The van der Waals surface area contributed by atoms with Gasteiger partial charge >= 0.3 is 23.4 Å². The topological polar surface area (TPSA) is 102 Å². The summed E-state index contributed by atoms with van der Waals surface area (Å²) in [5.41, 5.74) is -1.60. The number of halogens is 5. The Hall–Kier alpha value is -1.96. The third-order valence-electron chi connectivity index (χ3n) is 2.38. The van der Waals surface area contributed by atoms with E-state index < -0.39 is 52.6 Å². The molecule has 1 aromatic rings. The molecule has 0 saturated carbocycles. The number of carboxylic acid groups (broad SMARTS) is 1. The average Bonchev–Trinajstić information content (AvgIpc) is 2.49. The number of aromatic carboxylic acids is 1. The summed E-state index contributed by atoms with van der Waals surface area (Å²) in [6, 6.07) is 3.93. The van der Waals surface area contributed by atoms with E-state index in [0.717, 1.165) is 18.2 Å². The highest BCUT2D eigenvalue weighted by Gasteiger charge is 2.60. The first-order chi connectivity index (χ1) is 11.0. The van der Waals surface area contributed by atoms with Gasteiger partial charge in [-0.1, -0.05) is 17.2 Å². The van der Waals surface area contributed by atoms with Crippen LogP contribution < -0.4 is 0 Å². The van der Waals surface area contributed by atoms with Crippen LogP contribution >= 0.6 is 12.0 Å². The SMILES string of the molecule is O=C(O)c1ccccc1C(=O)OC(C(F)(F)F)C(F)(F)SOOO. The van der Waals surface area contributed by atoms with Gasteiger partial charge in [-0.25, -0.2) is 14.8 Å². The monoisotopic (exact) mass is 378 g/mol. The van der Waals surface area contributed by atoms with E-state index in [-0.39, 0.29) is 0 Å². The lowest BCUT2D eigenvalue weighted by atomic mass is 10.1. The smallest absolute Gasteiger partial charge is 0.432 e. The summed E-state index contributed by atoms with van der Waals surface area (Å²) in [5.74, 6) is -3.62. The second-order valence-corrected chi connectivity index (χ2v) is 4.81. The Labute approximate surface area is 134 Å². The zero-order valence-corrected chi connectivity index (χ0v) is 11.9. The summed E-state index contributed by atoms with van der Waals surface area (Å²) in [5, 5.41) is 14.4. The Morgan fingerprint density at radius 2 is 1.62 bits per heavy atom. The number of benzene rings is 1. The van der Waals surface area contributed by atoms with E-state index in [9.17, 15) is 31.5 Å². The van der Waals surface area contributed by atoms with E-state index in [2.05, 4.69) is 14.1 Å². The lowest BCUT2D eigenvalue weighted by Crippen LogP contribution is -2.46. The summed E-state index contributed by atoms with van der Waals surface area (Å²) in [7, 11) is 0. The molecule has 1 atom stereocenters. The number of rotatable bonds is 7. The third kappa shape index (κ3) is 5.02. The molecule has 1 rings (SSSR count). The first kappa shape index (κ1) is 20.1. The van der Waals surface area contributed by atoms with Crippen molar-refractivity contribution in [2.24, 2.45) is 0 Å². The standard InChI is InChI=1S/C11H7F5O7S/c12-10(13,14)9(11(15,16)24-23-22-20)21-8(19)6-4-2-1-3-5(6)7(17)18/h1-4,9,20H,(H,17,18). The number of carbonyl (C=O) groups is 2. The summed E-state index contributed by atoms with van der Waals surface area (Å²) < 4.78 is 72.1. The minimum Gasteiger partial charge on any atom is -0.478 e. The van der Waals surface area contributed by atoms with E-state index >= 15 is 0 Å². The van der Waals surface area contributed by atoms with Crippen LogP contribution in [0.1, 0.15) is 20.7 Å². The van der Waals surface area contributed by atoms with Gasteiger partial charge in [-0.15, -0.1) is 4.33 Å². The molecule has 24 heavy (non-hydrogen) atoms. The predicted molar refractivity (Wildman–Crippen MR) is 66.0 cm³/mol. The first-order valence-electron chi connectivity index (χ1n) is 5.64. The van der Waals surface area contributed by atoms with E-state index in [1.165, 1.54) is 6.07 Å². The summed E-state index contributed by atoms with van der Waals surface area (Å²) in [6.07, 6.45) is -9.73. The highest BCUT2D eigenvalue weighted by atomic mass is 32.2. The molecule has 0 amide bonds. The number of hydrogen-bond acceptors (Lipinski definition) is 7. The van der Waals surface area contributed by atoms with Gasteiger partial charge in [0.1, 0.15) is 12.0 Å². The maximum atomic E-state index is 13.4. The van der Waals surface area contributed by atoms with Crippen molar-refractivity contribution < 1.29 is 56.0 Å². The highest BCUT2D eigenvalue weighted by Crippen LogP contribution is 2.42. The minimum absolute atomic E-state index is 0.741. The van der Waals surface area contributed by atoms with Crippen LogP contribution in [-0.4, -0.2) is 39.8 Å². The van der Waals surface area contributed by atoms with Crippen LogP contribution in [0.5, 0.6) is 0 Å². The number of hydrogen-bond donors (Lipinski definition) is 2. The molecule has 0 bridgehead atoms. The molecule has 1 unspecified atom stereocenters. The Morgan fingerprint density at radius 3 is 2.08 bits per heavy atom. The molecule has 1 aromatic carbocycles. The summed E-state index contributed by atoms with van der Waals surface area (Å²) >= 11 is -1.26. The van der Waals surface area contributed by atoms with Crippen LogP contribution in [0.2, 0.25) is 0 Å². The van der Waals surface area contributed by atoms with Gasteiger partial charge in [0.05, 0.1) is 11.1 Å². The molecule has 0 radical (unpaired) electrons. The fourth-order valence-electron chi connectivity index (χ4n) is 1.45. The molecule has 0 saturated heterocycles. The van der Waals surface area contributed by atoms with Crippen LogP contribution in [0.4, 0.5) is 22.0 Å². The largest absolute Gasteiger partial charge is 0.478 e. The van der Waals surface area contributed by atoms with Crippen molar-refractivity contribution in [3.63, 3.8) is 0 Å². The van der Waals surface area contributed by atoms with Crippen molar-refractivity contribution in [3.8, 4) is 0 Å². The van der Waals surface area contributed by atoms with Crippen molar-refractivity contribution in [2.75, 3.05) is 0 Å². The van der Waals surface area contributed by atoms with E-state index in [0.29, 0.717) is 0 Å². The molecule has 0 spiro atoms. The van der Waals surface area contributed by atoms with Gasteiger partial charge in [0.15, 0.2) is 0 Å². The van der Waals surface area contributed by atoms with Gasteiger partial charge in [0.25, 0.3) is 6.10 Å². The molecular weight excluding hydrogens is 371 g/mol. The van der Waals surface area contributed by atoms with Crippen LogP contribution in [-0.2, 0) is 14.1 Å². The Bertz CT molecular complexity index is 607. The van der Waals surface area contributed by atoms with Crippen LogP contribution in [0.25, 0.3) is 0 Å². The van der Waals surface area contributed by atoms with E-state index in [1.807, 2.05) is 0 Å². The Balaban J connectivity index is 3.12. The molecule has 13 heteroatoms. The van der Waals surface area contributed by atoms with Gasteiger partial charge in [0.2, 0.25) is 0 Å². The van der Waals surface area contributed by atoms with Crippen molar-refractivity contribution in [1.82, 2.24) is 0 Å². The van der Waals surface area contributed by atoms with Crippen molar-refractivity contribution >= 4 is 24.0 Å². The van der Waals surface area contributed by atoms with Gasteiger partial charge < -0.3 is 9.84 Å². The fraction of sp³-hybridized carbons (Fsp3) is 0.273. The molecule has 0 aliphatic heterocycles. The number of carboxylic acids is 1. The van der Waals surface area contributed by atoms with Crippen LogP contribution in [0, 0.1) is 0 Å². The zero-order chi connectivity index (χ0) is 18.5. The highest BCUT2D eigenvalue weighted by molar-refractivity contribution is 7.95. The van der Waals surface area contributed by atoms with Crippen molar-refractivity contribution in [1.29, 1.82) is 0 Å². The van der Waals surface area contributed by atoms with Crippen molar-refractivity contribution in [2.45, 2.75) is 17.5 Å². The molecule has 0 aromatic heterocycles. The normalized spacial score (nSPS) is 13.4. The zero-order valence-electron chi connectivity index (χ0n) is 11.1. The molecular formula is C11H7F5O7S. The molecule has 0 fully saturated rings. The lowest BCUT2D eigenvalue weighted by molar-refractivity contribution is -0.434. The molecule has 0 aliphatic carbocycles. The number of alkyl halides is 5. The van der Waals surface area contributed by atoms with E-state index in [1.54, 1.807) is 0 Å². The molecule has 0 heterocycles. The predicted octanol–water partition coefficient (Wildman–Crippen LogP) is 3.13. The number of carbonyl (C=O) groups excluding carboxylic acids is 1. The first-order valence-corrected chi connectivity index (χ1v) is 6.38. The molecule has 0 aliphatic rings. The van der Waals surface area contributed by atoms with Crippen LogP contribution in [0.3, 0.4) is 0 Å². The van der Waals surface area contributed by atoms with Gasteiger partial charge in [0, 0.05) is 0 Å². The Morgan fingerprint density at radius 1 is 1.08 bits per heavy atom. The number of ether oxygens (including phenoxy) is 1. The maximum absolute atomic E-state index is 13.4. The van der Waals surface area contributed by atoms with Gasteiger partial charge in [-0.3, -0.25) is 0 Å². The van der Waals surface area contributed by atoms with Gasteiger partial charge in [-0.2, -0.15) is 22.0 Å². The summed E-state index contributed by atoms with van der Waals surface area (Å²) in [4.78, 5) is 22.6. The molecule has 7 nitrogen and oxygen atoms in total. The lowest BCUT2D eigenvalue weighted by Gasteiger charge is -2.26. The Kier molecular flexibility index (Phi) is 6.48. The van der Waals surface area contributed by atoms with Gasteiger partial charge in [-0.05, 0) is 12.1 Å². The third-order valence-corrected chi connectivity index (χ3v) is 2.95. The summed E-state index contributed by atoms with van der Waals surface area (Å²) in [6.45, 7) is 0. The second-order valence-electron chi connectivity index (χ2n) is 3.97. The van der Waals surface area contributed by atoms with E-state index in [4.69, 9.17) is 10.4 Å². The van der Waals surface area contributed by atoms with Crippen molar-refractivity contribution in [3.05, 3.63) is 35.4 Å². The maximum Gasteiger partial charge on any atom is 0.432 e. The van der Waals surface area contributed by atoms with Crippen LogP contribution in [0.15, 0.2) is 24.3 Å².